The normalized spacial score (nSPS) is 15.9. The van der Waals surface area contributed by atoms with E-state index in [0.29, 0.717) is 22.2 Å². The zero-order valence-electron chi connectivity index (χ0n) is 10.1. The summed E-state index contributed by atoms with van der Waals surface area (Å²) in [7, 11) is 0. The second-order valence-electron chi connectivity index (χ2n) is 4.51. The van der Waals surface area contributed by atoms with E-state index in [-0.39, 0.29) is 5.91 Å². The third kappa shape index (κ3) is 4.16. The molecule has 98 valence electrons. The van der Waals surface area contributed by atoms with E-state index in [1.807, 2.05) is 0 Å². The van der Waals surface area contributed by atoms with Crippen LogP contribution >= 0.6 is 23.2 Å². The second kappa shape index (κ2) is 6.41. The van der Waals surface area contributed by atoms with Gasteiger partial charge in [-0.05, 0) is 44.1 Å². The van der Waals surface area contributed by atoms with Gasteiger partial charge in [-0.15, -0.1) is 0 Å². The van der Waals surface area contributed by atoms with E-state index < -0.39 is 0 Å². The summed E-state index contributed by atoms with van der Waals surface area (Å²) in [4.78, 5) is 14.1. The summed E-state index contributed by atoms with van der Waals surface area (Å²) in [6.07, 6.45) is 2.99. The Morgan fingerprint density at radius 3 is 2.39 bits per heavy atom. The molecule has 2 rings (SSSR count). The van der Waals surface area contributed by atoms with Gasteiger partial charge in [-0.3, -0.25) is 4.79 Å². The number of rotatable bonds is 4. The van der Waals surface area contributed by atoms with E-state index in [0.717, 1.165) is 19.6 Å². The number of carbonyl (C=O) groups excluding carboxylic acids is 1. The molecule has 0 aromatic heterocycles. The number of benzene rings is 1. The highest BCUT2D eigenvalue weighted by Gasteiger charge is 2.13. The molecular weight excluding hydrogens is 271 g/mol. The molecule has 1 aromatic rings. The smallest absolute Gasteiger partial charge is 0.225 e. The van der Waals surface area contributed by atoms with Gasteiger partial charge in [0.05, 0.1) is 0 Å². The summed E-state index contributed by atoms with van der Waals surface area (Å²) in [6, 6.07) is 5.03. The van der Waals surface area contributed by atoms with Crippen molar-refractivity contribution in [3.8, 4) is 0 Å². The predicted octanol–water partition coefficient (Wildman–Crippen LogP) is 3.42. The van der Waals surface area contributed by atoms with Crippen LogP contribution in [0.2, 0.25) is 10.0 Å². The highest BCUT2D eigenvalue weighted by Crippen LogP contribution is 2.22. The lowest BCUT2D eigenvalue weighted by molar-refractivity contribution is -0.116. The lowest BCUT2D eigenvalue weighted by Crippen LogP contribution is -2.25. The molecule has 1 aliphatic rings. The minimum absolute atomic E-state index is 0.000216. The van der Waals surface area contributed by atoms with Gasteiger partial charge in [0.1, 0.15) is 0 Å². The molecule has 5 heteroatoms. The van der Waals surface area contributed by atoms with E-state index in [1.54, 1.807) is 18.2 Å². The minimum Gasteiger partial charge on any atom is -0.326 e. The van der Waals surface area contributed by atoms with E-state index in [2.05, 4.69) is 10.2 Å². The summed E-state index contributed by atoms with van der Waals surface area (Å²) in [6.45, 7) is 3.03. The second-order valence-corrected chi connectivity index (χ2v) is 5.38. The van der Waals surface area contributed by atoms with Gasteiger partial charge in [0.25, 0.3) is 0 Å². The Morgan fingerprint density at radius 1 is 1.17 bits per heavy atom. The molecule has 0 unspecified atom stereocenters. The molecule has 1 aliphatic heterocycles. The van der Waals surface area contributed by atoms with Crippen LogP contribution in [0.25, 0.3) is 0 Å². The van der Waals surface area contributed by atoms with Gasteiger partial charge in [-0.2, -0.15) is 0 Å². The molecule has 0 radical (unpaired) electrons. The molecule has 0 aliphatic carbocycles. The molecule has 0 spiro atoms. The lowest BCUT2D eigenvalue weighted by Gasteiger charge is -2.14. The third-order valence-corrected chi connectivity index (χ3v) is 3.44. The largest absolute Gasteiger partial charge is 0.326 e. The molecule has 0 atom stereocenters. The van der Waals surface area contributed by atoms with Crippen molar-refractivity contribution in [1.29, 1.82) is 0 Å². The fourth-order valence-corrected chi connectivity index (χ4v) is 2.64. The molecule has 0 saturated carbocycles. The van der Waals surface area contributed by atoms with Crippen molar-refractivity contribution in [2.45, 2.75) is 19.3 Å². The number of anilines is 1. The van der Waals surface area contributed by atoms with Crippen molar-refractivity contribution in [2.24, 2.45) is 0 Å². The number of likely N-dealkylation sites (tertiary alicyclic amines) is 1. The van der Waals surface area contributed by atoms with E-state index in [4.69, 9.17) is 23.2 Å². The fraction of sp³-hybridized carbons (Fsp3) is 0.462. The number of carbonyl (C=O) groups is 1. The van der Waals surface area contributed by atoms with Crippen LogP contribution in [-0.2, 0) is 4.79 Å². The van der Waals surface area contributed by atoms with Crippen LogP contribution in [0.1, 0.15) is 19.3 Å². The van der Waals surface area contributed by atoms with Crippen molar-refractivity contribution < 1.29 is 4.79 Å². The fourth-order valence-electron chi connectivity index (χ4n) is 2.12. The summed E-state index contributed by atoms with van der Waals surface area (Å²) in [5.74, 6) is 0.000216. The first-order valence-corrected chi connectivity index (χ1v) is 6.87. The van der Waals surface area contributed by atoms with Crippen LogP contribution in [-0.4, -0.2) is 30.4 Å². The first-order valence-electron chi connectivity index (χ1n) is 6.12. The van der Waals surface area contributed by atoms with Crippen molar-refractivity contribution in [3.05, 3.63) is 28.2 Å². The minimum atomic E-state index is 0.000216. The maximum Gasteiger partial charge on any atom is 0.225 e. The molecule has 1 saturated heterocycles. The zero-order valence-corrected chi connectivity index (χ0v) is 11.6. The van der Waals surface area contributed by atoms with Crippen molar-refractivity contribution >= 4 is 34.8 Å². The Bertz CT molecular complexity index is 411. The number of nitrogens with one attached hydrogen (secondary N) is 1. The molecule has 1 aromatic carbocycles. The number of amides is 1. The molecule has 1 amide bonds. The van der Waals surface area contributed by atoms with Crippen LogP contribution in [0.15, 0.2) is 18.2 Å². The van der Waals surface area contributed by atoms with Crippen LogP contribution in [0, 0.1) is 0 Å². The Hall–Kier alpha value is -0.770. The van der Waals surface area contributed by atoms with Crippen molar-refractivity contribution in [1.82, 2.24) is 4.90 Å². The van der Waals surface area contributed by atoms with E-state index in [1.165, 1.54) is 12.8 Å². The SMILES string of the molecule is O=C(CCN1CCCC1)Nc1cc(Cl)cc(Cl)c1. The molecule has 3 nitrogen and oxygen atoms in total. The summed E-state index contributed by atoms with van der Waals surface area (Å²) in [5.41, 5.74) is 0.652. The monoisotopic (exact) mass is 286 g/mol. The number of hydrogen-bond donors (Lipinski definition) is 1. The Morgan fingerprint density at radius 2 is 1.78 bits per heavy atom. The maximum atomic E-state index is 11.8. The van der Waals surface area contributed by atoms with Gasteiger partial charge in [-0.1, -0.05) is 23.2 Å². The van der Waals surface area contributed by atoms with Gasteiger partial charge >= 0.3 is 0 Å². The third-order valence-electron chi connectivity index (χ3n) is 3.00. The average molecular weight is 287 g/mol. The van der Waals surface area contributed by atoms with Crippen molar-refractivity contribution in [2.75, 3.05) is 25.0 Å². The van der Waals surface area contributed by atoms with Crippen LogP contribution in [0.3, 0.4) is 0 Å². The summed E-state index contributed by atoms with van der Waals surface area (Å²) < 4.78 is 0. The van der Waals surface area contributed by atoms with Gasteiger partial charge in [0.15, 0.2) is 0 Å². The van der Waals surface area contributed by atoms with E-state index in [9.17, 15) is 4.79 Å². The molecular formula is C13H16Cl2N2O. The molecule has 18 heavy (non-hydrogen) atoms. The van der Waals surface area contributed by atoms with Crippen LogP contribution in [0.5, 0.6) is 0 Å². The quantitative estimate of drug-likeness (QED) is 0.920. The standard InChI is InChI=1S/C13H16Cl2N2O/c14-10-7-11(15)9-12(8-10)16-13(18)3-6-17-4-1-2-5-17/h7-9H,1-6H2,(H,16,18). The number of halogens is 2. The summed E-state index contributed by atoms with van der Waals surface area (Å²) >= 11 is 11.7. The number of hydrogen-bond acceptors (Lipinski definition) is 2. The topological polar surface area (TPSA) is 32.3 Å². The first-order chi connectivity index (χ1) is 8.63. The first kappa shape index (κ1) is 13.7. The van der Waals surface area contributed by atoms with Gasteiger partial charge in [0.2, 0.25) is 5.91 Å². The maximum absolute atomic E-state index is 11.8. The Kier molecular flexibility index (Phi) is 4.87. The molecule has 1 N–H and O–H groups in total. The average Bonchev–Trinajstić information content (AvgIpc) is 2.77. The van der Waals surface area contributed by atoms with E-state index >= 15 is 0 Å². The lowest BCUT2D eigenvalue weighted by atomic mass is 10.3. The molecule has 0 bridgehead atoms. The molecule has 1 fully saturated rings. The number of nitrogens with zero attached hydrogens (tertiary/aromatic N) is 1. The Balaban J connectivity index is 1.82. The van der Waals surface area contributed by atoms with Crippen molar-refractivity contribution in [3.63, 3.8) is 0 Å². The van der Waals surface area contributed by atoms with Crippen LogP contribution < -0.4 is 5.32 Å². The highest BCUT2D eigenvalue weighted by atomic mass is 35.5. The predicted molar refractivity (Wildman–Crippen MR) is 75.4 cm³/mol. The van der Waals surface area contributed by atoms with Gasteiger partial charge < -0.3 is 10.2 Å². The molecule has 1 heterocycles. The zero-order chi connectivity index (χ0) is 13.0. The van der Waals surface area contributed by atoms with Gasteiger partial charge in [-0.25, -0.2) is 0 Å². The Labute approximate surface area is 117 Å². The summed E-state index contributed by atoms with van der Waals surface area (Å²) in [5, 5.41) is 3.86. The van der Waals surface area contributed by atoms with Crippen LogP contribution in [0.4, 0.5) is 5.69 Å². The van der Waals surface area contributed by atoms with Gasteiger partial charge in [0, 0.05) is 28.7 Å². The highest BCUT2D eigenvalue weighted by molar-refractivity contribution is 6.35.